The van der Waals surface area contributed by atoms with Crippen molar-refractivity contribution < 1.29 is 18.8 Å². The lowest BCUT2D eigenvalue weighted by molar-refractivity contribution is 0.0373. The van der Waals surface area contributed by atoms with Crippen molar-refractivity contribution in [2.24, 2.45) is 0 Å². The number of methoxy groups -OCH3 is 1. The number of nitrogens with one attached hydrogen (secondary N) is 1. The maximum Gasteiger partial charge on any atom is 0.343 e. The van der Waals surface area contributed by atoms with E-state index in [0.29, 0.717) is 15.9 Å². The van der Waals surface area contributed by atoms with Crippen molar-refractivity contribution in [3.8, 4) is 5.88 Å². The normalized spacial score (nSPS) is 14.2. The van der Waals surface area contributed by atoms with Gasteiger partial charge < -0.3 is 14.0 Å². The molecule has 1 heterocycles. The number of esters is 1. The minimum atomic E-state index is -1.27. The van der Waals surface area contributed by atoms with Gasteiger partial charge in [-0.2, -0.15) is 0 Å². The van der Waals surface area contributed by atoms with Crippen LogP contribution < -0.4 is 9.46 Å². The first-order valence-electron chi connectivity index (χ1n) is 9.01. The number of pyridine rings is 1. The first kappa shape index (κ1) is 22.7. The van der Waals surface area contributed by atoms with Crippen LogP contribution in [0.1, 0.15) is 63.5 Å². The highest BCUT2D eigenvalue weighted by atomic mass is 35.5. The summed E-state index contributed by atoms with van der Waals surface area (Å²) in [5.41, 5.74) is 1.62. The van der Waals surface area contributed by atoms with E-state index >= 15 is 0 Å². The second-order valence-corrected chi connectivity index (χ2v) is 10.2. The molecule has 0 radical (unpaired) electrons. The van der Waals surface area contributed by atoms with Crippen molar-refractivity contribution in [2.45, 2.75) is 58.4 Å². The number of benzene rings is 1. The summed E-state index contributed by atoms with van der Waals surface area (Å²) in [5, 5.41) is 1.17. The Kier molecular flexibility index (Phi) is 7.20. The third kappa shape index (κ3) is 5.29. The maximum atomic E-state index is 12.5. The fraction of sp³-hybridized carbons (Fsp3) is 0.500. The Hall–Kier alpha value is -1.54. The molecule has 0 bridgehead atoms. The summed E-state index contributed by atoms with van der Waals surface area (Å²) in [4.78, 5) is 16.9. The highest BCUT2D eigenvalue weighted by Gasteiger charge is 2.29. The Bertz CT molecular complexity index is 867. The van der Waals surface area contributed by atoms with Crippen LogP contribution in [0.25, 0.3) is 10.9 Å². The van der Waals surface area contributed by atoms with Crippen LogP contribution in [0.2, 0.25) is 5.02 Å². The summed E-state index contributed by atoms with van der Waals surface area (Å²) in [6.07, 6.45) is -0.264. The van der Waals surface area contributed by atoms with E-state index in [1.54, 1.807) is 32.0 Å². The minimum absolute atomic E-state index is 0.172. The van der Waals surface area contributed by atoms with E-state index in [0.717, 1.165) is 5.56 Å². The molecule has 2 atom stereocenters. The van der Waals surface area contributed by atoms with Gasteiger partial charge in [0.25, 0.3) is 0 Å². The molecule has 0 fully saturated rings. The molecule has 0 unspecified atom stereocenters. The number of fused-ring (bicyclic) bond motifs is 1. The first-order valence-corrected chi connectivity index (χ1v) is 10.5. The molecule has 0 spiro atoms. The number of aromatic nitrogens is 1. The SMILES string of the molecule is COc1nc2c([C@@H](C)N[S@@+]([O-])C(C)(C)C)cc(Cl)cc2cc1C(=O)OC(C)C. The molecule has 0 amide bonds. The highest BCUT2D eigenvalue weighted by molar-refractivity contribution is 7.90. The van der Waals surface area contributed by atoms with Gasteiger partial charge in [0.15, 0.2) is 0 Å². The number of ether oxygens (including phenoxy) is 2. The molecule has 0 aliphatic carbocycles. The van der Waals surface area contributed by atoms with Gasteiger partial charge in [0.05, 0.1) is 24.8 Å². The van der Waals surface area contributed by atoms with Crippen LogP contribution in [0.4, 0.5) is 0 Å². The molecule has 28 heavy (non-hydrogen) atoms. The third-order valence-corrected chi connectivity index (χ3v) is 5.84. The lowest BCUT2D eigenvalue weighted by atomic mass is 10.0. The molecular weight excluding hydrogens is 400 g/mol. The van der Waals surface area contributed by atoms with Crippen LogP contribution in [-0.2, 0) is 16.1 Å². The number of halogens is 1. The second-order valence-electron chi connectivity index (χ2n) is 7.79. The van der Waals surface area contributed by atoms with Gasteiger partial charge in [-0.1, -0.05) is 11.6 Å². The van der Waals surface area contributed by atoms with E-state index < -0.39 is 22.1 Å². The molecule has 0 saturated heterocycles. The number of carbonyl (C=O) groups is 1. The van der Waals surface area contributed by atoms with Crippen molar-refractivity contribution in [1.82, 2.24) is 9.71 Å². The van der Waals surface area contributed by atoms with E-state index in [1.165, 1.54) is 7.11 Å². The van der Waals surface area contributed by atoms with Crippen molar-refractivity contribution >= 4 is 39.8 Å². The average Bonchev–Trinajstić information content (AvgIpc) is 2.58. The van der Waals surface area contributed by atoms with Crippen LogP contribution in [0.3, 0.4) is 0 Å². The Morgan fingerprint density at radius 1 is 1.25 bits per heavy atom. The molecule has 2 aromatic rings. The Morgan fingerprint density at radius 3 is 2.43 bits per heavy atom. The molecular formula is C20H27ClN2O4S. The zero-order valence-electron chi connectivity index (χ0n) is 17.3. The van der Waals surface area contributed by atoms with Gasteiger partial charge in [0.2, 0.25) is 5.88 Å². The van der Waals surface area contributed by atoms with Crippen LogP contribution in [0.15, 0.2) is 18.2 Å². The zero-order chi connectivity index (χ0) is 21.2. The topological polar surface area (TPSA) is 83.5 Å². The van der Waals surface area contributed by atoms with Crippen LogP contribution in [0.5, 0.6) is 5.88 Å². The molecule has 6 nitrogen and oxygen atoms in total. The molecule has 0 aliphatic heterocycles. The fourth-order valence-electron chi connectivity index (χ4n) is 2.57. The summed E-state index contributed by atoms with van der Waals surface area (Å²) < 4.78 is 25.8. The summed E-state index contributed by atoms with van der Waals surface area (Å²) in [7, 11) is 1.45. The number of nitrogens with zero attached hydrogens (tertiary/aromatic N) is 1. The van der Waals surface area contributed by atoms with E-state index in [9.17, 15) is 9.35 Å². The van der Waals surface area contributed by atoms with Crippen LogP contribution in [-0.4, -0.2) is 33.5 Å². The fourth-order valence-corrected chi connectivity index (χ4v) is 3.61. The van der Waals surface area contributed by atoms with Crippen molar-refractivity contribution in [1.29, 1.82) is 0 Å². The number of rotatable bonds is 6. The van der Waals surface area contributed by atoms with Crippen molar-refractivity contribution in [3.63, 3.8) is 0 Å². The van der Waals surface area contributed by atoms with Gasteiger partial charge in [-0.05, 0) is 59.7 Å². The average molecular weight is 427 g/mol. The molecule has 0 aliphatic rings. The van der Waals surface area contributed by atoms with Gasteiger partial charge in [-0.25, -0.2) is 9.78 Å². The maximum absolute atomic E-state index is 12.5. The van der Waals surface area contributed by atoms with E-state index in [4.69, 9.17) is 21.1 Å². The van der Waals surface area contributed by atoms with Gasteiger partial charge in [0, 0.05) is 27.3 Å². The standard InChI is InChI=1S/C20H27ClN2O4S/c1-11(2)27-19(24)16-9-13-8-14(21)10-15(17(13)22-18(16)26-7)12(3)23-28(25)20(4,5)6/h8-12,23H,1-7H3/t12-,28+/m1/s1. The van der Waals surface area contributed by atoms with Crippen LogP contribution in [0, 0.1) is 0 Å². The lowest BCUT2D eigenvalue weighted by Gasteiger charge is -2.27. The van der Waals surface area contributed by atoms with E-state index in [-0.39, 0.29) is 23.6 Å². The summed E-state index contributed by atoms with van der Waals surface area (Å²) >= 11 is 5.04. The Morgan fingerprint density at radius 2 is 1.89 bits per heavy atom. The number of hydrogen-bond acceptors (Lipinski definition) is 6. The van der Waals surface area contributed by atoms with Crippen molar-refractivity contribution in [2.75, 3.05) is 7.11 Å². The third-order valence-electron chi connectivity index (χ3n) is 3.94. The predicted octanol–water partition coefficient (Wildman–Crippen LogP) is 4.57. The lowest BCUT2D eigenvalue weighted by Crippen LogP contribution is -2.40. The summed E-state index contributed by atoms with van der Waals surface area (Å²) in [6.45, 7) is 11.1. The van der Waals surface area contributed by atoms with Crippen LogP contribution >= 0.6 is 11.6 Å². The number of carbonyl (C=O) groups excluding carboxylic acids is 1. The van der Waals surface area contributed by atoms with Gasteiger partial charge >= 0.3 is 5.97 Å². The monoisotopic (exact) mass is 426 g/mol. The quantitative estimate of drug-likeness (QED) is 0.537. The van der Waals surface area contributed by atoms with Gasteiger partial charge in [0.1, 0.15) is 10.3 Å². The smallest absolute Gasteiger partial charge is 0.343 e. The molecule has 1 aromatic heterocycles. The molecule has 1 aromatic carbocycles. The van der Waals surface area contributed by atoms with Gasteiger partial charge in [-0.3, -0.25) is 0 Å². The van der Waals surface area contributed by atoms with E-state index in [1.807, 2.05) is 27.7 Å². The Labute approximate surface area is 174 Å². The molecule has 0 saturated carbocycles. The second kappa shape index (κ2) is 8.86. The zero-order valence-corrected chi connectivity index (χ0v) is 18.8. The Balaban J connectivity index is 2.55. The molecule has 2 rings (SSSR count). The molecule has 1 N–H and O–H groups in total. The van der Waals surface area contributed by atoms with Gasteiger partial charge in [-0.15, -0.1) is 4.72 Å². The highest BCUT2D eigenvalue weighted by Crippen LogP contribution is 2.32. The first-order chi connectivity index (χ1) is 12.9. The number of hydrogen-bond donors (Lipinski definition) is 1. The summed E-state index contributed by atoms with van der Waals surface area (Å²) in [6, 6.07) is 4.88. The van der Waals surface area contributed by atoms with E-state index in [2.05, 4.69) is 9.71 Å². The predicted molar refractivity (Wildman–Crippen MR) is 113 cm³/mol. The van der Waals surface area contributed by atoms with Crippen molar-refractivity contribution in [3.05, 3.63) is 34.3 Å². The molecule has 8 heteroatoms. The summed E-state index contributed by atoms with van der Waals surface area (Å²) in [5.74, 6) is -0.339. The molecule has 154 valence electrons. The minimum Gasteiger partial charge on any atom is -0.598 e. The largest absolute Gasteiger partial charge is 0.598 e.